The van der Waals surface area contributed by atoms with Crippen LogP contribution in [0.2, 0.25) is 0 Å². The average molecular weight is 227 g/mol. The molecule has 2 nitrogen and oxygen atoms in total. The summed E-state index contributed by atoms with van der Waals surface area (Å²) in [6.45, 7) is 8.78. The molecule has 1 rings (SSSR count). The minimum absolute atomic E-state index is 0.511. The van der Waals surface area contributed by atoms with Crippen molar-refractivity contribution in [3.63, 3.8) is 0 Å². The van der Waals surface area contributed by atoms with Crippen LogP contribution in [0.1, 0.15) is 59.3 Å². The van der Waals surface area contributed by atoms with Gasteiger partial charge in [-0.2, -0.15) is 0 Å². The lowest BCUT2D eigenvalue weighted by Gasteiger charge is -2.30. The Hall–Kier alpha value is -0.0800. The van der Waals surface area contributed by atoms with E-state index in [4.69, 9.17) is 4.74 Å². The lowest BCUT2D eigenvalue weighted by molar-refractivity contribution is 0.00206. The zero-order valence-corrected chi connectivity index (χ0v) is 11.3. The van der Waals surface area contributed by atoms with Crippen molar-refractivity contribution in [2.45, 2.75) is 71.4 Å². The van der Waals surface area contributed by atoms with Gasteiger partial charge in [0.15, 0.2) is 0 Å². The van der Waals surface area contributed by atoms with E-state index in [0.717, 1.165) is 19.1 Å². The number of ether oxygens (including phenoxy) is 1. The summed E-state index contributed by atoms with van der Waals surface area (Å²) in [5.41, 5.74) is 0. The first kappa shape index (κ1) is 14.0. The van der Waals surface area contributed by atoms with Gasteiger partial charge in [0.05, 0.1) is 6.10 Å². The van der Waals surface area contributed by atoms with Gasteiger partial charge < -0.3 is 10.1 Å². The van der Waals surface area contributed by atoms with E-state index in [1.54, 1.807) is 0 Å². The van der Waals surface area contributed by atoms with Gasteiger partial charge in [-0.25, -0.2) is 0 Å². The van der Waals surface area contributed by atoms with Crippen LogP contribution >= 0.6 is 0 Å². The van der Waals surface area contributed by atoms with E-state index < -0.39 is 0 Å². The topological polar surface area (TPSA) is 21.3 Å². The Morgan fingerprint density at radius 2 is 2.12 bits per heavy atom. The Kier molecular flexibility index (Phi) is 7.06. The first-order valence-electron chi connectivity index (χ1n) is 7.11. The second-order valence-electron chi connectivity index (χ2n) is 5.27. The second kappa shape index (κ2) is 8.08. The Morgan fingerprint density at radius 3 is 2.81 bits per heavy atom. The highest BCUT2D eigenvalue weighted by Gasteiger charge is 2.21. The number of nitrogens with one attached hydrogen (secondary N) is 1. The van der Waals surface area contributed by atoms with Crippen molar-refractivity contribution < 1.29 is 4.74 Å². The summed E-state index contributed by atoms with van der Waals surface area (Å²) in [5.74, 6) is 0.726. The summed E-state index contributed by atoms with van der Waals surface area (Å²) in [6.07, 6.45) is 8.21. The highest BCUT2D eigenvalue weighted by molar-refractivity contribution is 4.78. The number of hydrogen-bond donors (Lipinski definition) is 1. The first-order valence-corrected chi connectivity index (χ1v) is 7.11. The Balaban J connectivity index is 2.16. The van der Waals surface area contributed by atoms with Gasteiger partial charge in [-0.1, -0.05) is 27.2 Å². The standard InChI is InChI=1S/C14H29NO/c1-4-7-12(3)11-16-14-9-6-8-13(10-14)15-5-2/h12-15H,4-11H2,1-3H3. The average Bonchev–Trinajstić information content (AvgIpc) is 2.28. The van der Waals surface area contributed by atoms with Crippen LogP contribution < -0.4 is 5.32 Å². The Morgan fingerprint density at radius 1 is 1.31 bits per heavy atom. The molecule has 1 aliphatic rings. The van der Waals surface area contributed by atoms with Crippen molar-refractivity contribution in [2.24, 2.45) is 5.92 Å². The predicted molar refractivity (Wildman–Crippen MR) is 69.7 cm³/mol. The molecule has 1 aliphatic carbocycles. The van der Waals surface area contributed by atoms with E-state index in [9.17, 15) is 0 Å². The summed E-state index contributed by atoms with van der Waals surface area (Å²) in [5, 5.41) is 3.55. The quantitative estimate of drug-likeness (QED) is 0.720. The minimum Gasteiger partial charge on any atom is -0.378 e. The lowest BCUT2D eigenvalue weighted by atomic mass is 9.92. The third-order valence-corrected chi connectivity index (χ3v) is 3.52. The molecule has 0 amide bonds. The van der Waals surface area contributed by atoms with Gasteiger partial charge in [0.25, 0.3) is 0 Å². The normalized spacial score (nSPS) is 27.9. The van der Waals surface area contributed by atoms with Crippen LogP contribution in [-0.2, 0) is 4.74 Å². The van der Waals surface area contributed by atoms with Gasteiger partial charge in [0.2, 0.25) is 0 Å². The SMILES string of the molecule is CCCC(C)COC1CCCC(NCC)C1. The molecule has 96 valence electrons. The van der Waals surface area contributed by atoms with Crippen molar-refractivity contribution in [3.8, 4) is 0 Å². The fraction of sp³-hybridized carbons (Fsp3) is 1.00. The molecule has 0 heterocycles. The summed E-state index contributed by atoms with van der Waals surface area (Å²) in [6, 6.07) is 0.699. The number of hydrogen-bond acceptors (Lipinski definition) is 2. The molecule has 1 saturated carbocycles. The maximum absolute atomic E-state index is 6.03. The van der Waals surface area contributed by atoms with Gasteiger partial charge in [0.1, 0.15) is 0 Å². The highest BCUT2D eigenvalue weighted by atomic mass is 16.5. The molecule has 1 N–H and O–H groups in total. The third kappa shape index (κ3) is 5.31. The Bertz CT molecular complexity index is 170. The van der Waals surface area contributed by atoms with Crippen LogP contribution in [0.5, 0.6) is 0 Å². The molecule has 0 aliphatic heterocycles. The van der Waals surface area contributed by atoms with Gasteiger partial charge in [-0.3, -0.25) is 0 Å². The lowest BCUT2D eigenvalue weighted by Crippen LogP contribution is -2.37. The summed E-state index contributed by atoms with van der Waals surface area (Å²) in [7, 11) is 0. The molecular weight excluding hydrogens is 198 g/mol. The van der Waals surface area contributed by atoms with Crippen molar-refractivity contribution in [2.75, 3.05) is 13.2 Å². The van der Waals surface area contributed by atoms with Gasteiger partial charge in [-0.15, -0.1) is 0 Å². The molecule has 0 aromatic heterocycles. The molecular formula is C14H29NO. The van der Waals surface area contributed by atoms with E-state index >= 15 is 0 Å². The predicted octanol–water partition coefficient (Wildman–Crippen LogP) is 3.36. The van der Waals surface area contributed by atoms with Crippen LogP contribution in [-0.4, -0.2) is 25.3 Å². The fourth-order valence-corrected chi connectivity index (χ4v) is 2.65. The van der Waals surface area contributed by atoms with Crippen LogP contribution in [0.4, 0.5) is 0 Å². The highest BCUT2D eigenvalue weighted by Crippen LogP contribution is 2.22. The van der Waals surface area contributed by atoms with Crippen molar-refractivity contribution in [3.05, 3.63) is 0 Å². The zero-order valence-electron chi connectivity index (χ0n) is 11.3. The van der Waals surface area contributed by atoms with Crippen molar-refractivity contribution in [1.29, 1.82) is 0 Å². The molecule has 2 heteroatoms. The van der Waals surface area contributed by atoms with E-state index in [2.05, 4.69) is 26.1 Å². The molecule has 0 aromatic carbocycles. The van der Waals surface area contributed by atoms with Crippen LogP contribution in [0.25, 0.3) is 0 Å². The Labute approximate surface area is 101 Å². The fourth-order valence-electron chi connectivity index (χ4n) is 2.65. The van der Waals surface area contributed by atoms with E-state index in [1.165, 1.54) is 38.5 Å². The molecule has 0 saturated heterocycles. The minimum atomic E-state index is 0.511. The summed E-state index contributed by atoms with van der Waals surface area (Å²) >= 11 is 0. The molecule has 3 atom stereocenters. The summed E-state index contributed by atoms with van der Waals surface area (Å²) < 4.78 is 6.03. The van der Waals surface area contributed by atoms with Crippen LogP contribution in [0, 0.1) is 5.92 Å². The first-order chi connectivity index (χ1) is 7.76. The maximum atomic E-state index is 6.03. The molecule has 0 aromatic rings. The van der Waals surface area contributed by atoms with Crippen molar-refractivity contribution in [1.82, 2.24) is 5.32 Å². The monoisotopic (exact) mass is 227 g/mol. The van der Waals surface area contributed by atoms with Crippen LogP contribution in [0.3, 0.4) is 0 Å². The maximum Gasteiger partial charge on any atom is 0.0590 e. The number of rotatable bonds is 7. The molecule has 16 heavy (non-hydrogen) atoms. The molecule has 0 bridgehead atoms. The smallest absolute Gasteiger partial charge is 0.0590 e. The largest absolute Gasteiger partial charge is 0.378 e. The van der Waals surface area contributed by atoms with Gasteiger partial charge in [-0.05, 0) is 44.6 Å². The molecule has 1 fully saturated rings. The molecule has 0 spiro atoms. The molecule has 3 unspecified atom stereocenters. The molecule has 0 radical (unpaired) electrons. The third-order valence-electron chi connectivity index (χ3n) is 3.52. The zero-order chi connectivity index (χ0) is 11.8. The van der Waals surface area contributed by atoms with Gasteiger partial charge >= 0.3 is 0 Å². The summed E-state index contributed by atoms with van der Waals surface area (Å²) in [4.78, 5) is 0. The van der Waals surface area contributed by atoms with E-state index in [1.807, 2.05) is 0 Å². The van der Waals surface area contributed by atoms with Crippen molar-refractivity contribution >= 4 is 0 Å². The van der Waals surface area contributed by atoms with E-state index in [0.29, 0.717) is 12.1 Å². The van der Waals surface area contributed by atoms with Crippen LogP contribution in [0.15, 0.2) is 0 Å². The van der Waals surface area contributed by atoms with E-state index in [-0.39, 0.29) is 0 Å². The second-order valence-corrected chi connectivity index (χ2v) is 5.27. The van der Waals surface area contributed by atoms with Gasteiger partial charge in [0, 0.05) is 12.6 Å².